The van der Waals surface area contributed by atoms with E-state index in [0.29, 0.717) is 11.5 Å². The molecular weight excluding hydrogens is 274 g/mol. The van der Waals surface area contributed by atoms with Crippen LogP contribution in [0.3, 0.4) is 0 Å². The number of hydrogen-bond acceptors (Lipinski definition) is 2. The minimum atomic E-state index is 0.504. The lowest BCUT2D eigenvalue weighted by Crippen LogP contribution is -2.30. The van der Waals surface area contributed by atoms with E-state index >= 15 is 0 Å². The van der Waals surface area contributed by atoms with Crippen molar-refractivity contribution in [1.82, 2.24) is 5.32 Å². The molecule has 0 bridgehead atoms. The molecule has 1 aromatic rings. The van der Waals surface area contributed by atoms with E-state index in [1.54, 1.807) is 0 Å². The molecule has 19 heavy (non-hydrogen) atoms. The molecule has 1 nitrogen and oxygen atoms in total. The molecule has 0 saturated heterocycles. The van der Waals surface area contributed by atoms with Crippen LogP contribution in [0.5, 0.6) is 0 Å². The first-order valence-corrected chi connectivity index (χ1v) is 8.74. The van der Waals surface area contributed by atoms with Crippen LogP contribution in [0.15, 0.2) is 23.1 Å². The number of thioether (sulfide) groups is 1. The van der Waals surface area contributed by atoms with Crippen molar-refractivity contribution in [3.05, 3.63) is 28.8 Å². The predicted octanol–water partition coefficient (Wildman–Crippen LogP) is 5.05. The van der Waals surface area contributed by atoms with Crippen LogP contribution in [0, 0.1) is 5.41 Å². The van der Waals surface area contributed by atoms with E-state index in [9.17, 15) is 0 Å². The van der Waals surface area contributed by atoms with Crippen LogP contribution >= 0.6 is 23.4 Å². The molecule has 1 fully saturated rings. The largest absolute Gasteiger partial charge is 0.309 e. The second-order valence-corrected chi connectivity index (χ2v) is 7.58. The van der Waals surface area contributed by atoms with Gasteiger partial charge in [0.25, 0.3) is 0 Å². The molecule has 0 amide bonds. The Morgan fingerprint density at radius 1 is 1.42 bits per heavy atom. The maximum atomic E-state index is 6.16. The molecule has 3 heteroatoms. The van der Waals surface area contributed by atoms with Crippen molar-refractivity contribution in [2.45, 2.75) is 50.0 Å². The fourth-order valence-corrected chi connectivity index (χ4v) is 4.43. The number of rotatable bonds is 5. The molecular formula is C16H22ClNS. The maximum absolute atomic E-state index is 6.16. The molecule has 2 aliphatic rings. The number of hydrogen-bond donors (Lipinski definition) is 1. The highest BCUT2D eigenvalue weighted by Gasteiger charge is 2.41. The van der Waals surface area contributed by atoms with Crippen LogP contribution in [0.2, 0.25) is 5.02 Å². The third kappa shape index (κ3) is 3.12. The quantitative estimate of drug-likeness (QED) is 0.816. The Balaban J connectivity index is 1.68. The number of halogens is 1. The summed E-state index contributed by atoms with van der Waals surface area (Å²) in [5.41, 5.74) is 2.04. The van der Waals surface area contributed by atoms with E-state index in [1.165, 1.54) is 54.9 Å². The smallest absolute Gasteiger partial charge is 0.0410 e. The highest BCUT2D eigenvalue weighted by molar-refractivity contribution is 7.99. The Morgan fingerprint density at radius 3 is 3.00 bits per heavy atom. The van der Waals surface area contributed by atoms with E-state index in [0.717, 1.165) is 5.02 Å². The lowest BCUT2D eigenvalue weighted by molar-refractivity contribution is 0.381. The van der Waals surface area contributed by atoms with Crippen molar-refractivity contribution in [3.63, 3.8) is 0 Å². The molecule has 0 radical (unpaired) electrons. The standard InChI is InChI=1S/C16H22ClNS/c1-2-6-16(7-8-16)11-18-14-5-9-19-15-4-3-12(17)10-13(14)15/h3-4,10,14,18H,2,5-9,11H2,1H3. The third-order valence-corrected chi connectivity index (χ3v) is 5.83. The summed E-state index contributed by atoms with van der Waals surface area (Å²) in [5, 5.41) is 4.68. The Labute approximate surface area is 125 Å². The van der Waals surface area contributed by atoms with Crippen LogP contribution in [-0.4, -0.2) is 12.3 Å². The number of benzene rings is 1. The Hall–Kier alpha value is -0.180. The monoisotopic (exact) mass is 295 g/mol. The third-order valence-electron chi connectivity index (χ3n) is 4.47. The fourth-order valence-electron chi connectivity index (χ4n) is 3.14. The highest BCUT2D eigenvalue weighted by Crippen LogP contribution is 2.49. The van der Waals surface area contributed by atoms with Gasteiger partial charge in [-0.25, -0.2) is 0 Å². The van der Waals surface area contributed by atoms with Gasteiger partial charge in [0.05, 0.1) is 0 Å². The molecule has 1 aliphatic carbocycles. The van der Waals surface area contributed by atoms with Gasteiger partial charge in [0.1, 0.15) is 0 Å². The van der Waals surface area contributed by atoms with Crippen LogP contribution in [0.25, 0.3) is 0 Å². The van der Waals surface area contributed by atoms with Crippen molar-refractivity contribution in [2.24, 2.45) is 5.41 Å². The highest BCUT2D eigenvalue weighted by atomic mass is 35.5. The maximum Gasteiger partial charge on any atom is 0.0410 e. The van der Waals surface area contributed by atoms with Crippen molar-refractivity contribution in [2.75, 3.05) is 12.3 Å². The molecule has 104 valence electrons. The van der Waals surface area contributed by atoms with E-state index < -0.39 is 0 Å². The lowest BCUT2D eigenvalue weighted by atomic mass is 9.98. The van der Waals surface area contributed by atoms with Gasteiger partial charge < -0.3 is 5.32 Å². The van der Waals surface area contributed by atoms with Gasteiger partial charge in [0.15, 0.2) is 0 Å². The van der Waals surface area contributed by atoms with Crippen molar-refractivity contribution >= 4 is 23.4 Å². The van der Waals surface area contributed by atoms with Gasteiger partial charge in [-0.05, 0) is 60.6 Å². The fraction of sp³-hybridized carbons (Fsp3) is 0.625. The van der Waals surface area contributed by atoms with Gasteiger partial charge >= 0.3 is 0 Å². The van der Waals surface area contributed by atoms with Crippen molar-refractivity contribution in [3.8, 4) is 0 Å². The first-order valence-electron chi connectivity index (χ1n) is 7.38. The average molecular weight is 296 g/mol. The van der Waals surface area contributed by atoms with Gasteiger partial charge in [0.2, 0.25) is 0 Å². The van der Waals surface area contributed by atoms with Crippen molar-refractivity contribution < 1.29 is 0 Å². The normalized spacial score (nSPS) is 24.0. The summed E-state index contributed by atoms with van der Waals surface area (Å²) >= 11 is 8.12. The first-order chi connectivity index (χ1) is 9.22. The molecule has 0 spiro atoms. The summed E-state index contributed by atoms with van der Waals surface area (Å²) in [6.07, 6.45) is 6.74. The molecule has 1 aliphatic heterocycles. The average Bonchev–Trinajstić information content (AvgIpc) is 3.17. The summed E-state index contributed by atoms with van der Waals surface area (Å²) in [7, 11) is 0. The van der Waals surface area contributed by atoms with Crippen LogP contribution in [0.1, 0.15) is 50.6 Å². The van der Waals surface area contributed by atoms with Gasteiger partial charge in [-0.2, -0.15) is 0 Å². The Bertz CT molecular complexity index is 456. The molecule has 1 saturated carbocycles. The zero-order valence-corrected chi connectivity index (χ0v) is 13.1. The van der Waals surface area contributed by atoms with E-state index in [4.69, 9.17) is 11.6 Å². The summed E-state index contributed by atoms with van der Waals surface area (Å²) in [6, 6.07) is 6.84. The molecule has 1 heterocycles. The van der Waals surface area contributed by atoms with E-state index in [1.807, 2.05) is 17.8 Å². The van der Waals surface area contributed by atoms with Gasteiger partial charge in [-0.1, -0.05) is 24.9 Å². The summed E-state index contributed by atoms with van der Waals surface area (Å²) in [5.74, 6) is 1.22. The molecule has 0 aromatic heterocycles. The van der Waals surface area contributed by atoms with Gasteiger partial charge in [0, 0.05) is 22.5 Å². The van der Waals surface area contributed by atoms with Crippen molar-refractivity contribution in [1.29, 1.82) is 0 Å². The van der Waals surface area contributed by atoms with Gasteiger partial charge in [-0.15, -0.1) is 11.8 Å². The summed E-state index contributed by atoms with van der Waals surface area (Å²) in [4.78, 5) is 1.41. The summed E-state index contributed by atoms with van der Waals surface area (Å²) in [6.45, 7) is 3.48. The van der Waals surface area contributed by atoms with Crippen LogP contribution in [-0.2, 0) is 0 Å². The Morgan fingerprint density at radius 2 is 2.26 bits per heavy atom. The minimum absolute atomic E-state index is 0.504. The molecule has 3 rings (SSSR count). The number of fused-ring (bicyclic) bond motifs is 1. The summed E-state index contributed by atoms with van der Waals surface area (Å²) < 4.78 is 0. The van der Waals surface area contributed by atoms with E-state index in [-0.39, 0.29) is 0 Å². The van der Waals surface area contributed by atoms with Crippen LogP contribution in [0.4, 0.5) is 0 Å². The molecule has 1 N–H and O–H groups in total. The predicted molar refractivity (Wildman–Crippen MR) is 84.1 cm³/mol. The zero-order valence-electron chi connectivity index (χ0n) is 11.5. The van der Waals surface area contributed by atoms with Crippen LogP contribution < -0.4 is 5.32 Å². The second-order valence-electron chi connectivity index (χ2n) is 6.00. The zero-order chi connectivity index (χ0) is 13.3. The van der Waals surface area contributed by atoms with Gasteiger partial charge in [-0.3, -0.25) is 0 Å². The molecule has 1 unspecified atom stereocenters. The topological polar surface area (TPSA) is 12.0 Å². The number of nitrogens with one attached hydrogen (secondary N) is 1. The Kier molecular flexibility index (Phi) is 4.11. The first kappa shape index (κ1) is 13.8. The molecule has 1 atom stereocenters. The molecule has 1 aromatic carbocycles. The SMILES string of the molecule is CCCC1(CNC2CCSc3ccc(Cl)cc32)CC1. The minimum Gasteiger partial charge on any atom is -0.309 e. The second kappa shape index (κ2) is 5.67. The lowest BCUT2D eigenvalue weighted by Gasteiger charge is -2.28. The van der Waals surface area contributed by atoms with E-state index in [2.05, 4.69) is 24.4 Å².